The Morgan fingerprint density at radius 3 is 2.55 bits per heavy atom. The number of nitro groups is 1. The summed E-state index contributed by atoms with van der Waals surface area (Å²) in [5, 5.41) is 14.9. The zero-order valence-corrected chi connectivity index (χ0v) is 17.4. The van der Waals surface area contributed by atoms with Crippen molar-refractivity contribution in [3.05, 3.63) is 45.8 Å². The van der Waals surface area contributed by atoms with Crippen LogP contribution in [0.25, 0.3) is 0 Å². The molecule has 0 aliphatic carbocycles. The number of ether oxygens (including phenoxy) is 1. The number of rotatable bonds is 7. The number of aromatic nitrogens is 2. The Hall–Kier alpha value is -2.94. The molecule has 156 valence electrons. The fourth-order valence-corrected chi connectivity index (χ4v) is 3.64. The van der Waals surface area contributed by atoms with Crippen LogP contribution in [0.3, 0.4) is 0 Å². The molecule has 0 radical (unpaired) electrons. The number of anilines is 3. The first-order valence-electron chi connectivity index (χ1n) is 9.73. The average molecular weight is 400 g/mol. The van der Waals surface area contributed by atoms with E-state index in [4.69, 9.17) is 4.74 Å². The smallest absolute Gasteiger partial charge is 0.353 e. The first-order valence-corrected chi connectivity index (χ1v) is 9.73. The van der Waals surface area contributed by atoms with Gasteiger partial charge in [-0.25, -0.2) is 9.97 Å². The minimum Gasteiger partial charge on any atom is -0.383 e. The number of hydrogen-bond donors (Lipinski definition) is 1. The molecule has 1 fully saturated rings. The van der Waals surface area contributed by atoms with Gasteiger partial charge in [-0.1, -0.05) is 12.1 Å². The number of aryl methyl sites for hydroxylation is 1. The van der Waals surface area contributed by atoms with Gasteiger partial charge >= 0.3 is 5.69 Å². The van der Waals surface area contributed by atoms with Crippen molar-refractivity contribution in [3.63, 3.8) is 0 Å². The van der Waals surface area contributed by atoms with E-state index in [9.17, 15) is 10.1 Å². The summed E-state index contributed by atoms with van der Waals surface area (Å²) in [6, 6.07) is 6.20. The van der Waals surface area contributed by atoms with E-state index in [1.54, 1.807) is 7.11 Å². The second-order valence-electron chi connectivity index (χ2n) is 7.35. The summed E-state index contributed by atoms with van der Waals surface area (Å²) < 4.78 is 5.10. The first kappa shape index (κ1) is 20.8. The monoisotopic (exact) mass is 400 g/mol. The Bertz CT molecular complexity index is 867. The van der Waals surface area contributed by atoms with Crippen LogP contribution in [0.4, 0.5) is 23.0 Å². The van der Waals surface area contributed by atoms with Crippen LogP contribution in [0, 0.1) is 24.0 Å². The molecule has 1 atom stereocenters. The van der Waals surface area contributed by atoms with Crippen molar-refractivity contribution in [3.8, 4) is 0 Å². The summed E-state index contributed by atoms with van der Waals surface area (Å²) in [4.78, 5) is 24.0. The molecule has 1 aromatic carbocycles. The topological polar surface area (TPSA) is 96.7 Å². The van der Waals surface area contributed by atoms with Crippen molar-refractivity contribution in [2.45, 2.75) is 26.8 Å². The molecule has 2 heterocycles. The molecule has 3 rings (SSSR count). The molecule has 1 aliphatic heterocycles. The molecule has 0 amide bonds. The van der Waals surface area contributed by atoms with Crippen LogP contribution < -0.4 is 15.1 Å². The molecular formula is C20H28N6O3. The van der Waals surface area contributed by atoms with E-state index in [1.807, 2.05) is 11.8 Å². The van der Waals surface area contributed by atoms with Crippen LogP contribution in [-0.4, -0.2) is 60.8 Å². The normalized spacial score (nSPS) is 15.3. The predicted molar refractivity (Wildman–Crippen MR) is 114 cm³/mol. The molecule has 1 unspecified atom stereocenters. The third kappa shape index (κ3) is 4.56. The van der Waals surface area contributed by atoms with Gasteiger partial charge < -0.3 is 19.9 Å². The van der Waals surface area contributed by atoms with Gasteiger partial charge in [-0.3, -0.25) is 10.1 Å². The van der Waals surface area contributed by atoms with Crippen LogP contribution in [0.1, 0.15) is 18.1 Å². The highest BCUT2D eigenvalue weighted by Gasteiger charge is 2.30. The van der Waals surface area contributed by atoms with Crippen molar-refractivity contribution in [1.82, 2.24) is 9.97 Å². The number of hydrogen-bond acceptors (Lipinski definition) is 8. The van der Waals surface area contributed by atoms with Crippen LogP contribution in [0.5, 0.6) is 0 Å². The SMILES string of the molecule is COCC(C)Nc1ncnc(N2CCN(c3cccc(C)c3C)CC2)c1[N+](=O)[O-]. The second kappa shape index (κ2) is 9.04. The fraction of sp³-hybridized carbons (Fsp3) is 0.500. The molecule has 0 saturated carbocycles. The highest BCUT2D eigenvalue weighted by molar-refractivity contribution is 5.71. The van der Waals surface area contributed by atoms with Crippen LogP contribution >= 0.6 is 0 Å². The van der Waals surface area contributed by atoms with E-state index in [-0.39, 0.29) is 17.5 Å². The molecule has 2 aromatic rings. The minimum absolute atomic E-state index is 0.0874. The van der Waals surface area contributed by atoms with Gasteiger partial charge in [-0.2, -0.15) is 0 Å². The summed E-state index contributed by atoms with van der Waals surface area (Å²) >= 11 is 0. The summed E-state index contributed by atoms with van der Waals surface area (Å²) in [6.07, 6.45) is 1.38. The van der Waals surface area contributed by atoms with E-state index < -0.39 is 4.92 Å². The maximum absolute atomic E-state index is 11.8. The Labute approximate surface area is 170 Å². The molecule has 9 heteroatoms. The average Bonchev–Trinajstić information content (AvgIpc) is 2.70. The van der Waals surface area contributed by atoms with Crippen LogP contribution in [-0.2, 0) is 4.74 Å². The molecular weight excluding hydrogens is 372 g/mol. The molecule has 9 nitrogen and oxygen atoms in total. The Kier molecular flexibility index (Phi) is 6.48. The number of nitrogens with one attached hydrogen (secondary N) is 1. The third-order valence-corrected chi connectivity index (χ3v) is 5.28. The van der Waals surface area contributed by atoms with Gasteiger partial charge in [0.25, 0.3) is 0 Å². The van der Waals surface area contributed by atoms with E-state index in [0.29, 0.717) is 25.5 Å². The Balaban J connectivity index is 1.79. The summed E-state index contributed by atoms with van der Waals surface area (Å²) in [6.45, 7) is 9.39. The number of piperazine rings is 1. The third-order valence-electron chi connectivity index (χ3n) is 5.28. The zero-order valence-electron chi connectivity index (χ0n) is 17.4. The molecule has 1 aromatic heterocycles. The fourth-order valence-electron chi connectivity index (χ4n) is 3.64. The van der Waals surface area contributed by atoms with Gasteiger partial charge in [-0.15, -0.1) is 0 Å². The number of benzene rings is 1. The molecule has 0 bridgehead atoms. The largest absolute Gasteiger partial charge is 0.383 e. The number of nitrogens with zero attached hydrogens (tertiary/aromatic N) is 5. The van der Waals surface area contributed by atoms with Gasteiger partial charge in [0.15, 0.2) is 0 Å². The second-order valence-corrected chi connectivity index (χ2v) is 7.35. The molecule has 0 spiro atoms. The van der Waals surface area contributed by atoms with Gasteiger partial charge in [0.2, 0.25) is 11.6 Å². The van der Waals surface area contributed by atoms with Gasteiger partial charge in [0.1, 0.15) is 6.33 Å². The van der Waals surface area contributed by atoms with Crippen LogP contribution in [0.2, 0.25) is 0 Å². The zero-order chi connectivity index (χ0) is 21.0. The highest BCUT2D eigenvalue weighted by atomic mass is 16.6. The highest BCUT2D eigenvalue weighted by Crippen LogP contribution is 2.33. The van der Waals surface area contributed by atoms with Crippen LogP contribution in [0.15, 0.2) is 24.5 Å². The summed E-state index contributed by atoms with van der Waals surface area (Å²) in [7, 11) is 1.59. The lowest BCUT2D eigenvalue weighted by Crippen LogP contribution is -2.47. The lowest BCUT2D eigenvalue weighted by molar-refractivity contribution is -0.383. The summed E-state index contributed by atoms with van der Waals surface area (Å²) in [5.41, 5.74) is 3.66. The molecule has 1 N–H and O–H groups in total. The van der Waals surface area contributed by atoms with E-state index >= 15 is 0 Å². The van der Waals surface area contributed by atoms with Gasteiger partial charge in [0.05, 0.1) is 11.5 Å². The summed E-state index contributed by atoms with van der Waals surface area (Å²) in [5.74, 6) is 0.583. The van der Waals surface area contributed by atoms with Gasteiger partial charge in [-0.05, 0) is 38.0 Å². The number of methoxy groups -OCH3 is 1. The van der Waals surface area contributed by atoms with Crippen molar-refractivity contribution >= 4 is 23.0 Å². The molecule has 29 heavy (non-hydrogen) atoms. The molecule has 1 saturated heterocycles. The van der Waals surface area contributed by atoms with Gasteiger partial charge in [0, 0.05) is 45.0 Å². The predicted octanol–water partition coefficient (Wildman–Crippen LogP) is 2.78. The van der Waals surface area contributed by atoms with Crippen molar-refractivity contribution in [2.75, 3.05) is 55.0 Å². The van der Waals surface area contributed by atoms with E-state index in [1.165, 1.54) is 23.1 Å². The van der Waals surface area contributed by atoms with Crippen molar-refractivity contribution < 1.29 is 9.66 Å². The first-order chi connectivity index (χ1) is 13.9. The molecule has 1 aliphatic rings. The van der Waals surface area contributed by atoms with E-state index in [2.05, 4.69) is 52.2 Å². The van der Waals surface area contributed by atoms with Crippen molar-refractivity contribution in [1.29, 1.82) is 0 Å². The van der Waals surface area contributed by atoms with E-state index in [0.717, 1.165) is 13.1 Å². The maximum atomic E-state index is 11.8. The Morgan fingerprint density at radius 2 is 1.90 bits per heavy atom. The van der Waals surface area contributed by atoms with Crippen molar-refractivity contribution in [2.24, 2.45) is 0 Å². The lowest BCUT2D eigenvalue weighted by atomic mass is 10.1. The Morgan fingerprint density at radius 1 is 1.21 bits per heavy atom. The minimum atomic E-state index is -0.408. The maximum Gasteiger partial charge on any atom is 0.353 e. The quantitative estimate of drug-likeness (QED) is 0.560. The standard InChI is InChI=1S/C20H28N6O3/c1-14-6-5-7-17(16(14)3)24-8-10-25(11-9-24)20-18(26(27)28)19(21-13-22-20)23-15(2)12-29-4/h5-7,13,15H,8-12H2,1-4H3,(H,21,22,23). The lowest BCUT2D eigenvalue weighted by Gasteiger charge is -2.37.